The Bertz CT molecular complexity index is 833. The number of carbonyl (C=O) groups is 2. The second kappa shape index (κ2) is 7.77. The molecule has 0 saturated carbocycles. The molecule has 1 aromatic heterocycles. The highest BCUT2D eigenvalue weighted by molar-refractivity contribution is 5.96. The molecule has 3 rings (SSSR count). The minimum absolute atomic E-state index is 0.0859. The first-order valence-corrected chi connectivity index (χ1v) is 8.92. The van der Waals surface area contributed by atoms with Crippen LogP contribution in [0.25, 0.3) is 0 Å². The molecule has 0 unspecified atom stereocenters. The van der Waals surface area contributed by atoms with E-state index in [1.807, 2.05) is 24.6 Å². The van der Waals surface area contributed by atoms with Gasteiger partial charge in [0.05, 0.1) is 18.3 Å². The molecule has 2 heterocycles. The Morgan fingerprint density at radius 1 is 1.33 bits per heavy atom. The minimum Gasteiger partial charge on any atom is -0.333 e. The third-order valence-electron chi connectivity index (χ3n) is 4.69. The van der Waals surface area contributed by atoms with Gasteiger partial charge in [-0.15, -0.1) is 0 Å². The smallest absolute Gasteiger partial charge is 0.317 e. The molecule has 0 spiro atoms. The largest absolute Gasteiger partial charge is 0.333 e. The maximum Gasteiger partial charge on any atom is 0.317 e. The zero-order chi connectivity index (χ0) is 19.6. The summed E-state index contributed by atoms with van der Waals surface area (Å²) in [4.78, 5) is 27.8. The molecule has 1 aliphatic rings. The highest BCUT2D eigenvalue weighted by Crippen LogP contribution is 2.21. The molecule has 2 aromatic rings. The average molecular weight is 373 g/mol. The maximum absolute atomic E-state index is 13.1. The lowest BCUT2D eigenvalue weighted by atomic mass is 10.2. The molecule has 0 aliphatic carbocycles. The van der Waals surface area contributed by atoms with Gasteiger partial charge in [0.1, 0.15) is 5.82 Å². The van der Waals surface area contributed by atoms with Crippen LogP contribution in [0, 0.1) is 19.7 Å². The van der Waals surface area contributed by atoms with Crippen LogP contribution >= 0.6 is 0 Å². The number of hydrogen-bond donors (Lipinski definition) is 1. The van der Waals surface area contributed by atoms with Crippen molar-refractivity contribution in [3.05, 3.63) is 47.5 Å². The second-order valence-electron chi connectivity index (χ2n) is 6.90. The SMILES string of the molecule is Cc1cc(C)n(CCN(C)C(=O)N[C@H]2CC(=O)N(c3ccc(F)cc3)C2)n1. The van der Waals surface area contributed by atoms with E-state index < -0.39 is 0 Å². The maximum atomic E-state index is 13.1. The van der Waals surface area contributed by atoms with Crippen molar-refractivity contribution in [2.24, 2.45) is 0 Å². The fourth-order valence-corrected chi connectivity index (χ4v) is 3.21. The first-order valence-electron chi connectivity index (χ1n) is 8.92. The van der Waals surface area contributed by atoms with E-state index in [1.54, 1.807) is 29.0 Å². The summed E-state index contributed by atoms with van der Waals surface area (Å²) < 4.78 is 14.9. The number of nitrogens with one attached hydrogen (secondary N) is 1. The highest BCUT2D eigenvalue weighted by Gasteiger charge is 2.32. The van der Waals surface area contributed by atoms with Gasteiger partial charge < -0.3 is 15.1 Å². The van der Waals surface area contributed by atoms with E-state index in [0.29, 0.717) is 25.3 Å². The minimum atomic E-state index is -0.348. The molecule has 1 atom stereocenters. The van der Waals surface area contributed by atoms with Gasteiger partial charge in [-0.25, -0.2) is 9.18 Å². The third kappa shape index (κ3) is 4.45. The zero-order valence-electron chi connectivity index (χ0n) is 15.8. The first kappa shape index (κ1) is 18.9. The van der Waals surface area contributed by atoms with E-state index in [4.69, 9.17) is 0 Å². The Balaban J connectivity index is 1.52. The van der Waals surface area contributed by atoms with Crippen LogP contribution in [0.4, 0.5) is 14.9 Å². The summed E-state index contributed by atoms with van der Waals surface area (Å²) in [5.74, 6) is -0.434. The van der Waals surface area contributed by atoms with Crippen LogP contribution in [-0.4, -0.2) is 52.8 Å². The Hall–Kier alpha value is -2.90. The monoisotopic (exact) mass is 373 g/mol. The van der Waals surface area contributed by atoms with Crippen LogP contribution in [0.5, 0.6) is 0 Å². The number of rotatable bonds is 5. The standard InChI is InChI=1S/C19H24FN5O2/c1-13-10-14(2)25(22-13)9-8-23(3)19(27)21-16-11-18(26)24(12-16)17-6-4-15(20)5-7-17/h4-7,10,16H,8-9,11-12H2,1-3H3,(H,21,27)/t16-/m0/s1. The fourth-order valence-electron chi connectivity index (χ4n) is 3.21. The number of nitrogens with zero attached hydrogens (tertiary/aromatic N) is 4. The zero-order valence-corrected chi connectivity index (χ0v) is 15.8. The third-order valence-corrected chi connectivity index (χ3v) is 4.69. The van der Waals surface area contributed by atoms with Crippen LogP contribution in [0.3, 0.4) is 0 Å². The van der Waals surface area contributed by atoms with Crippen molar-refractivity contribution in [3.63, 3.8) is 0 Å². The van der Waals surface area contributed by atoms with Crippen LogP contribution in [0.1, 0.15) is 17.8 Å². The highest BCUT2D eigenvalue weighted by atomic mass is 19.1. The lowest BCUT2D eigenvalue weighted by Gasteiger charge is -2.21. The van der Waals surface area contributed by atoms with Gasteiger partial charge >= 0.3 is 6.03 Å². The lowest BCUT2D eigenvalue weighted by Crippen LogP contribution is -2.45. The molecule has 27 heavy (non-hydrogen) atoms. The number of hydrogen-bond acceptors (Lipinski definition) is 3. The summed E-state index contributed by atoms with van der Waals surface area (Å²) in [7, 11) is 1.72. The topological polar surface area (TPSA) is 70.5 Å². The number of benzene rings is 1. The van der Waals surface area contributed by atoms with Crippen molar-refractivity contribution >= 4 is 17.6 Å². The van der Waals surface area contributed by atoms with E-state index >= 15 is 0 Å². The molecule has 1 N–H and O–H groups in total. The Morgan fingerprint density at radius 2 is 2.04 bits per heavy atom. The summed E-state index contributed by atoms with van der Waals surface area (Å²) in [6.07, 6.45) is 0.231. The van der Waals surface area contributed by atoms with Crippen molar-refractivity contribution in [2.45, 2.75) is 32.9 Å². The molecular formula is C19H24FN5O2. The van der Waals surface area contributed by atoms with Gasteiger partial charge in [-0.1, -0.05) is 0 Å². The number of urea groups is 1. The van der Waals surface area contributed by atoms with Gasteiger partial charge in [-0.2, -0.15) is 5.10 Å². The Kier molecular flexibility index (Phi) is 5.43. The van der Waals surface area contributed by atoms with E-state index in [9.17, 15) is 14.0 Å². The predicted octanol–water partition coefficient (Wildman–Crippen LogP) is 2.09. The van der Waals surface area contributed by atoms with E-state index in [2.05, 4.69) is 10.4 Å². The number of amides is 3. The van der Waals surface area contributed by atoms with Crippen molar-refractivity contribution < 1.29 is 14.0 Å². The van der Waals surface area contributed by atoms with Gasteiger partial charge in [0.15, 0.2) is 0 Å². The van der Waals surface area contributed by atoms with Crippen LogP contribution in [0.15, 0.2) is 30.3 Å². The second-order valence-corrected chi connectivity index (χ2v) is 6.90. The van der Waals surface area contributed by atoms with E-state index in [1.165, 1.54) is 12.1 Å². The molecule has 1 aromatic carbocycles. The van der Waals surface area contributed by atoms with Crippen molar-refractivity contribution in [3.8, 4) is 0 Å². The predicted molar refractivity (Wildman–Crippen MR) is 100 cm³/mol. The van der Waals surface area contributed by atoms with Crippen LogP contribution in [-0.2, 0) is 11.3 Å². The van der Waals surface area contributed by atoms with Crippen LogP contribution in [0.2, 0.25) is 0 Å². The molecule has 0 bridgehead atoms. The number of halogens is 1. The van der Waals surface area contributed by atoms with Gasteiger partial charge in [-0.05, 0) is 44.2 Å². The van der Waals surface area contributed by atoms with E-state index in [0.717, 1.165) is 11.4 Å². The normalized spacial score (nSPS) is 16.7. The molecule has 1 saturated heterocycles. The van der Waals surface area contributed by atoms with Crippen molar-refractivity contribution in [1.82, 2.24) is 20.0 Å². The number of aryl methyl sites for hydroxylation is 2. The summed E-state index contributed by atoms with van der Waals surface area (Å²) >= 11 is 0. The lowest BCUT2D eigenvalue weighted by molar-refractivity contribution is -0.117. The van der Waals surface area contributed by atoms with Crippen molar-refractivity contribution in [1.29, 1.82) is 0 Å². The number of likely N-dealkylation sites (N-methyl/N-ethyl adjacent to an activating group) is 1. The molecule has 1 fully saturated rings. The number of anilines is 1. The summed E-state index contributed by atoms with van der Waals surface area (Å²) in [6, 6.07) is 7.27. The summed E-state index contributed by atoms with van der Waals surface area (Å²) in [5.41, 5.74) is 2.64. The molecule has 0 radical (unpaired) electrons. The molecule has 3 amide bonds. The molecule has 8 heteroatoms. The molecule has 1 aliphatic heterocycles. The van der Waals surface area contributed by atoms with Gasteiger partial charge in [0, 0.05) is 37.9 Å². The molecule has 7 nitrogen and oxygen atoms in total. The summed E-state index contributed by atoms with van der Waals surface area (Å²) in [6.45, 7) is 5.41. The quantitative estimate of drug-likeness (QED) is 0.872. The Morgan fingerprint density at radius 3 is 2.67 bits per heavy atom. The molecule has 144 valence electrons. The average Bonchev–Trinajstić information content (AvgIpc) is 3.14. The Labute approximate surface area is 157 Å². The van der Waals surface area contributed by atoms with Gasteiger partial charge in [0.25, 0.3) is 0 Å². The number of aromatic nitrogens is 2. The number of carbonyl (C=O) groups excluding carboxylic acids is 2. The fraction of sp³-hybridized carbons (Fsp3) is 0.421. The van der Waals surface area contributed by atoms with E-state index in [-0.39, 0.29) is 30.2 Å². The van der Waals surface area contributed by atoms with Crippen LogP contribution < -0.4 is 10.2 Å². The van der Waals surface area contributed by atoms with Gasteiger partial charge in [-0.3, -0.25) is 9.48 Å². The van der Waals surface area contributed by atoms with Crippen molar-refractivity contribution in [2.75, 3.05) is 25.0 Å². The first-order chi connectivity index (χ1) is 12.8. The summed E-state index contributed by atoms with van der Waals surface area (Å²) in [5, 5.41) is 7.28. The van der Waals surface area contributed by atoms with Gasteiger partial charge in [0.2, 0.25) is 5.91 Å². The molecular weight excluding hydrogens is 349 g/mol.